The number of carbonyl (C=O) groups excluding carboxylic acids is 1. The number of rotatable bonds is 4. The topological polar surface area (TPSA) is 67.4 Å². The second-order valence-corrected chi connectivity index (χ2v) is 6.38. The van der Waals surface area contributed by atoms with E-state index in [4.69, 9.17) is 0 Å². The van der Waals surface area contributed by atoms with E-state index >= 15 is 0 Å². The van der Waals surface area contributed by atoms with Crippen molar-refractivity contribution in [1.82, 2.24) is 10.2 Å². The van der Waals surface area contributed by atoms with Crippen LogP contribution in [0.25, 0.3) is 0 Å². The Bertz CT molecular complexity index is 779. The molecule has 0 radical (unpaired) electrons. The van der Waals surface area contributed by atoms with Gasteiger partial charge in [-0.2, -0.15) is 5.10 Å². The summed E-state index contributed by atoms with van der Waals surface area (Å²) in [4.78, 5) is 14.5. The van der Waals surface area contributed by atoms with Gasteiger partial charge in [0.2, 0.25) is 5.91 Å². The first-order valence-corrected chi connectivity index (χ1v) is 8.52. The summed E-state index contributed by atoms with van der Waals surface area (Å²) in [6.07, 6.45) is -3.17. The van der Waals surface area contributed by atoms with E-state index in [1.165, 1.54) is 12.1 Å². The summed E-state index contributed by atoms with van der Waals surface area (Å²) in [5.41, 5.74) is 1.24. The average molecular weight is 380 g/mol. The highest BCUT2D eigenvalue weighted by molar-refractivity contribution is 5.93. The molecule has 2 heterocycles. The molecule has 9 heteroatoms. The van der Waals surface area contributed by atoms with Gasteiger partial charge in [0.15, 0.2) is 5.82 Å². The van der Waals surface area contributed by atoms with E-state index in [0.29, 0.717) is 12.2 Å². The zero-order valence-electron chi connectivity index (χ0n) is 14.7. The van der Waals surface area contributed by atoms with E-state index in [1.807, 2.05) is 24.0 Å². The van der Waals surface area contributed by atoms with E-state index < -0.39 is 6.36 Å². The van der Waals surface area contributed by atoms with Crippen molar-refractivity contribution in [3.8, 4) is 5.75 Å². The summed E-state index contributed by atoms with van der Waals surface area (Å²) in [5, 5.41) is 10.9. The molecule has 144 valence electrons. The number of alkyl halides is 3. The fourth-order valence-corrected chi connectivity index (χ4v) is 2.94. The molecule has 1 unspecified atom stereocenters. The third-order valence-corrected chi connectivity index (χ3v) is 4.26. The fourth-order valence-electron chi connectivity index (χ4n) is 2.94. The SMILES string of the molecule is Cc1ccc(N2CCCC(C(=O)Nc3ccc(OC(F)(F)F)cc3)C2)nn1. The van der Waals surface area contributed by atoms with Crippen molar-refractivity contribution >= 4 is 17.4 Å². The molecule has 1 saturated heterocycles. The predicted octanol–water partition coefficient (Wildman–Crippen LogP) is 3.54. The predicted molar refractivity (Wildman–Crippen MR) is 93.5 cm³/mol. The molecule has 1 aromatic carbocycles. The van der Waals surface area contributed by atoms with Gasteiger partial charge >= 0.3 is 6.36 Å². The number of piperidine rings is 1. The smallest absolute Gasteiger partial charge is 0.406 e. The van der Waals surface area contributed by atoms with Crippen molar-refractivity contribution in [1.29, 1.82) is 0 Å². The molecular formula is C18H19F3N4O2. The molecule has 6 nitrogen and oxygen atoms in total. The first-order chi connectivity index (χ1) is 12.8. The highest BCUT2D eigenvalue weighted by Gasteiger charge is 2.31. The van der Waals surface area contributed by atoms with Gasteiger partial charge in [-0.25, -0.2) is 0 Å². The van der Waals surface area contributed by atoms with Crippen LogP contribution >= 0.6 is 0 Å². The Morgan fingerprint density at radius 2 is 1.93 bits per heavy atom. The number of hydrogen-bond donors (Lipinski definition) is 1. The highest BCUT2D eigenvalue weighted by Crippen LogP contribution is 2.25. The summed E-state index contributed by atoms with van der Waals surface area (Å²) >= 11 is 0. The number of benzene rings is 1. The van der Waals surface area contributed by atoms with Crippen molar-refractivity contribution in [2.45, 2.75) is 26.1 Å². The van der Waals surface area contributed by atoms with Gasteiger partial charge in [-0.05, 0) is 56.2 Å². The Morgan fingerprint density at radius 1 is 1.19 bits per heavy atom. The monoisotopic (exact) mass is 380 g/mol. The molecule has 1 atom stereocenters. The van der Waals surface area contributed by atoms with Crippen LogP contribution in [0.15, 0.2) is 36.4 Å². The molecule has 27 heavy (non-hydrogen) atoms. The van der Waals surface area contributed by atoms with Crippen LogP contribution in [0.1, 0.15) is 18.5 Å². The molecular weight excluding hydrogens is 361 g/mol. The van der Waals surface area contributed by atoms with Gasteiger partial charge in [-0.3, -0.25) is 4.79 Å². The third-order valence-electron chi connectivity index (χ3n) is 4.26. The third kappa shape index (κ3) is 5.32. The number of carbonyl (C=O) groups is 1. The van der Waals surface area contributed by atoms with Gasteiger partial charge in [0.1, 0.15) is 5.75 Å². The lowest BCUT2D eigenvalue weighted by Gasteiger charge is -2.32. The minimum Gasteiger partial charge on any atom is -0.406 e. The van der Waals surface area contributed by atoms with Crippen LogP contribution in [0.4, 0.5) is 24.7 Å². The molecule has 2 aromatic rings. The second-order valence-electron chi connectivity index (χ2n) is 6.38. The Morgan fingerprint density at radius 3 is 2.56 bits per heavy atom. The zero-order chi connectivity index (χ0) is 19.4. The minimum absolute atomic E-state index is 0.177. The summed E-state index contributed by atoms with van der Waals surface area (Å²) in [7, 11) is 0. The summed E-state index contributed by atoms with van der Waals surface area (Å²) in [6, 6.07) is 8.84. The average Bonchev–Trinajstić information content (AvgIpc) is 2.63. The van der Waals surface area contributed by atoms with Crippen LogP contribution in [0.2, 0.25) is 0 Å². The van der Waals surface area contributed by atoms with Gasteiger partial charge in [-0.15, -0.1) is 18.3 Å². The molecule has 0 spiro atoms. The molecule has 0 aliphatic carbocycles. The maximum atomic E-state index is 12.5. The van der Waals surface area contributed by atoms with Crippen molar-refractivity contribution in [2.75, 3.05) is 23.3 Å². The number of hydrogen-bond acceptors (Lipinski definition) is 5. The van der Waals surface area contributed by atoms with Crippen molar-refractivity contribution < 1.29 is 22.7 Å². The Labute approximate surface area is 154 Å². The van der Waals surface area contributed by atoms with Crippen LogP contribution in [0, 0.1) is 12.8 Å². The normalized spacial score (nSPS) is 17.5. The summed E-state index contributed by atoms with van der Waals surface area (Å²) in [5.74, 6) is -0.0220. The minimum atomic E-state index is -4.74. The first-order valence-electron chi connectivity index (χ1n) is 8.52. The van der Waals surface area contributed by atoms with Crippen LogP contribution in [0.5, 0.6) is 5.75 Å². The number of aryl methyl sites for hydroxylation is 1. The highest BCUT2D eigenvalue weighted by atomic mass is 19.4. The maximum Gasteiger partial charge on any atom is 0.573 e. The van der Waals surface area contributed by atoms with E-state index in [2.05, 4.69) is 20.3 Å². The molecule has 1 amide bonds. The number of halogens is 3. The summed E-state index contributed by atoms with van der Waals surface area (Å²) in [6.45, 7) is 3.16. The quantitative estimate of drug-likeness (QED) is 0.879. The molecule has 1 aliphatic rings. The molecule has 3 rings (SSSR count). The molecule has 1 aromatic heterocycles. The zero-order valence-corrected chi connectivity index (χ0v) is 14.7. The molecule has 1 aliphatic heterocycles. The first kappa shape index (κ1) is 18.9. The second kappa shape index (κ2) is 7.81. The molecule has 1 fully saturated rings. The van der Waals surface area contributed by atoms with Crippen molar-refractivity contribution in [2.24, 2.45) is 5.92 Å². The number of nitrogens with one attached hydrogen (secondary N) is 1. The Hall–Kier alpha value is -2.84. The van der Waals surface area contributed by atoms with Crippen LogP contribution in [-0.2, 0) is 4.79 Å². The van der Waals surface area contributed by atoms with Crippen molar-refractivity contribution in [3.05, 3.63) is 42.1 Å². The van der Waals surface area contributed by atoms with Crippen LogP contribution < -0.4 is 15.0 Å². The largest absolute Gasteiger partial charge is 0.573 e. The lowest BCUT2D eigenvalue weighted by atomic mass is 9.97. The maximum absolute atomic E-state index is 12.5. The standard InChI is InChI=1S/C18H19F3N4O2/c1-12-4-9-16(24-23-12)25-10-2-3-13(11-25)17(26)22-14-5-7-15(8-6-14)27-18(19,20)21/h4-9,13H,2-3,10-11H2,1H3,(H,22,26). The lowest BCUT2D eigenvalue weighted by Crippen LogP contribution is -2.41. The van der Waals surface area contributed by atoms with E-state index in [9.17, 15) is 18.0 Å². The molecule has 0 saturated carbocycles. The van der Waals surface area contributed by atoms with Gasteiger partial charge < -0.3 is 15.0 Å². The van der Waals surface area contributed by atoms with E-state index in [0.717, 1.165) is 43.0 Å². The molecule has 1 N–H and O–H groups in total. The Kier molecular flexibility index (Phi) is 5.48. The molecule has 0 bridgehead atoms. The number of nitrogens with zero attached hydrogens (tertiary/aromatic N) is 3. The van der Waals surface area contributed by atoms with Gasteiger partial charge in [0, 0.05) is 18.8 Å². The van der Waals surface area contributed by atoms with E-state index in [1.54, 1.807) is 0 Å². The van der Waals surface area contributed by atoms with Crippen LogP contribution in [0.3, 0.4) is 0 Å². The summed E-state index contributed by atoms with van der Waals surface area (Å²) < 4.78 is 40.4. The number of ether oxygens (including phenoxy) is 1. The van der Waals surface area contributed by atoms with Gasteiger partial charge in [0.25, 0.3) is 0 Å². The number of anilines is 2. The van der Waals surface area contributed by atoms with Crippen molar-refractivity contribution in [3.63, 3.8) is 0 Å². The Balaban J connectivity index is 1.59. The van der Waals surface area contributed by atoms with E-state index in [-0.39, 0.29) is 17.6 Å². The number of aromatic nitrogens is 2. The van der Waals surface area contributed by atoms with Crippen LogP contribution in [-0.4, -0.2) is 35.6 Å². The number of amides is 1. The lowest BCUT2D eigenvalue weighted by molar-refractivity contribution is -0.274. The van der Waals surface area contributed by atoms with Gasteiger partial charge in [-0.1, -0.05) is 0 Å². The van der Waals surface area contributed by atoms with Gasteiger partial charge in [0.05, 0.1) is 11.6 Å². The fraction of sp³-hybridized carbons (Fsp3) is 0.389.